The van der Waals surface area contributed by atoms with Crippen LogP contribution in [0.25, 0.3) is 0 Å². The van der Waals surface area contributed by atoms with Crippen molar-refractivity contribution in [3.63, 3.8) is 0 Å². The molecule has 2 aromatic rings. The maximum absolute atomic E-state index is 9.97. The lowest BCUT2D eigenvalue weighted by atomic mass is 10.2. The number of phenolic OH excluding ortho intramolecular Hbond substituents is 1. The number of H-pyrrole nitrogens is 1. The van der Waals surface area contributed by atoms with Crippen LogP contribution in [0.4, 0.5) is 0 Å². The van der Waals surface area contributed by atoms with Crippen LogP contribution >= 0.6 is 11.6 Å². The third-order valence-electron chi connectivity index (χ3n) is 2.89. The van der Waals surface area contributed by atoms with E-state index in [1.165, 1.54) is 13.4 Å². The van der Waals surface area contributed by atoms with Crippen LogP contribution in [0.1, 0.15) is 17.8 Å². The molecule has 20 heavy (non-hydrogen) atoms. The van der Waals surface area contributed by atoms with Crippen LogP contribution in [0.15, 0.2) is 18.5 Å². The molecular weight excluding hydrogens is 280 g/mol. The minimum absolute atomic E-state index is 0.125. The molecule has 0 amide bonds. The molecule has 108 valence electrons. The summed E-state index contributed by atoms with van der Waals surface area (Å²) in [6.07, 6.45) is 3.25. The molecular formula is C13H17ClN4O2. The Morgan fingerprint density at radius 2 is 2.30 bits per heavy atom. The maximum Gasteiger partial charge on any atom is 0.162 e. The number of benzene rings is 1. The lowest BCUT2D eigenvalue weighted by Crippen LogP contribution is -2.15. The highest BCUT2D eigenvalue weighted by atomic mass is 35.5. The first-order valence-corrected chi connectivity index (χ1v) is 6.69. The van der Waals surface area contributed by atoms with E-state index in [0.29, 0.717) is 22.9 Å². The van der Waals surface area contributed by atoms with Gasteiger partial charge in [0.1, 0.15) is 12.2 Å². The van der Waals surface area contributed by atoms with Gasteiger partial charge in [0.15, 0.2) is 11.5 Å². The van der Waals surface area contributed by atoms with E-state index in [0.717, 1.165) is 25.2 Å². The highest BCUT2D eigenvalue weighted by Crippen LogP contribution is 2.33. The van der Waals surface area contributed by atoms with Crippen molar-refractivity contribution in [2.75, 3.05) is 13.7 Å². The van der Waals surface area contributed by atoms with Crippen molar-refractivity contribution in [3.8, 4) is 11.5 Å². The quantitative estimate of drug-likeness (QED) is 0.680. The number of phenols is 1. The number of halogens is 1. The van der Waals surface area contributed by atoms with Gasteiger partial charge in [-0.25, -0.2) is 4.98 Å². The number of nitrogens with one attached hydrogen (secondary N) is 2. The summed E-state index contributed by atoms with van der Waals surface area (Å²) in [4.78, 5) is 4.05. The molecule has 2 rings (SSSR count). The van der Waals surface area contributed by atoms with E-state index in [1.54, 1.807) is 12.1 Å². The van der Waals surface area contributed by atoms with Crippen LogP contribution in [0.3, 0.4) is 0 Å². The summed E-state index contributed by atoms with van der Waals surface area (Å²) in [5.74, 6) is 1.38. The fourth-order valence-electron chi connectivity index (χ4n) is 1.87. The van der Waals surface area contributed by atoms with Gasteiger partial charge in [-0.15, -0.1) is 0 Å². The zero-order valence-electron chi connectivity index (χ0n) is 11.2. The highest BCUT2D eigenvalue weighted by Gasteiger charge is 2.09. The Kier molecular flexibility index (Phi) is 5.20. The summed E-state index contributed by atoms with van der Waals surface area (Å²) in [5, 5.41) is 20.4. The SMILES string of the molecule is COc1cc(Cl)cc(CNCCCc2ncn[nH]2)c1O. The Morgan fingerprint density at radius 1 is 1.45 bits per heavy atom. The zero-order valence-corrected chi connectivity index (χ0v) is 11.9. The van der Waals surface area contributed by atoms with Crippen molar-refractivity contribution in [1.29, 1.82) is 0 Å². The number of hydrogen-bond donors (Lipinski definition) is 3. The Bertz CT molecular complexity index is 546. The molecule has 0 atom stereocenters. The second-order valence-electron chi connectivity index (χ2n) is 4.33. The number of aryl methyl sites for hydroxylation is 1. The fraction of sp³-hybridized carbons (Fsp3) is 0.385. The standard InChI is InChI=1S/C13H17ClN4O2/c1-20-11-6-10(14)5-9(13(11)19)7-15-4-2-3-12-16-8-17-18-12/h5-6,8,15,19H,2-4,7H2,1H3,(H,16,17,18). The molecule has 7 heteroatoms. The van der Waals surface area contributed by atoms with Gasteiger partial charge < -0.3 is 15.2 Å². The molecule has 0 aliphatic rings. The smallest absolute Gasteiger partial charge is 0.162 e. The molecule has 0 aliphatic carbocycles. The number of rotatable bonds is 7. The lowest BCUT2D eigenvalue weighted by molar-refractivity contribution is 0.369. The summed E-state index contributed by atoms with van der Waals surface area (Å²) in [6.45, 7) is 1.33. The molecule has 1 aromatic heterocycles. The van der Waals surface area contributed by atoms with Gasteiger partial charge in [0.25, 0.3) is 0 Å². The minimum Gasteiger partial charge on any atom is -0.504 e. The van der Waals surface area contributed by atoms with E-state index < -0.39 is 0 Å². The normalized spacial score (nSPS) is 10.7. The monoisotopic (exact) mass is 296 g/mol. The largest absolute Gasteiger partial charge is 0.504 e. The predicted octanol–water partition coefficient (Wildman–Crippen LogP) is 1.89. The summed E-state index contributed by atoms with van der Waals surface area (Å²) in [7, 11) is 1.50. The molecule has 0 spiro atoms. The van der Waals surface area contributed by atoms with E-state index in [4.69, 9.17) is 16.3 Å². The maximum atomic E-state index is 9.97. The molecule has 1 heterocycles. The van der Waals surface area contributed by atoms with Gasteiger partial charge in [0, 0.05) is 29.6 Å². The van der Waals surface area contributed by atoms with E-state index >= 15 is 0 Å². The Morgan fingerprint density at radius 3 is 3.00 bits per heavy atom. The minimum atomic E-state index is 0.125. The van der Waals surface area contributed by atoms with Gasteiger partial charge in [-0.1, -0.05) is 11.6 Å². The molecule has 6 nitrogen and oxygen atoms in total. The van der Waals surface area contributed by atoms with Gasteiger partial charge >= 0.3 is 0 Å². The van der Waals surface area contributed by atoms with Gasteiger partial charge in [-0.2, -0.15) is 5.10 Å². The second kappa shape index (κ2) is 7.12. The molecule has 0 radical (unpaired) electrons. The summed E-state index contributed by atoms with van der Waals surface area (Å²) in [5.41, 5.74) is 0.717. The topological polar surface area (TPSA) is 83.1 Å². The molecule has 0 aliphatic heterocycles. The molecule has 1 aromatic carbocycles. The molecule has 0 bridgehead atoms. The second-order valence-corrected chi connectivity index (χ2v) is 4.76. The van der Waals surface area contributed by atoms with Crippen molar-refractivity contribution >= 4 is 11.6 Å². The van der Waals surface area contributed by atoms with Crippen molar-refractivity contribution in [2.45, 2.75) is 19.4 Å². The van der Waals surface area contributed by atoms with Crippen molar-refractivity contribution < 1.29 is 9.84 Å². The van der Waals surface area contributed by atoms with Crippen LogP contribution in [0.2, 0.25) is 5.02 Å². The van der Waals surface area contributed by atoms with Crippen LogP contribution in [0.5, 0.6) is 11.5 Å². The number of aromatic nitrogens is 3. The molecule has 0 fully saturated rings. The van der Waals surface area contributed by atoms with Crippen molar-refractivity contribution in [1.82, 2.24) is 20.5 Å². The summed E-state index contributed by atoms with van der Waals surface area (Å²) < 4.78 is 5.06. The Hall–Kier alpha value is -1.79. The van der Waals surface area contributed by atoms with Gasteiger partial charge in [0.2, 0.25) is 0 Å². The summed E-state index contributed by atoms with van der Waals surface area (Å²) in [6, 6.07) is 3.31. The van der Waals surface area contributed by atoms with E-state index in [9.17, 15) is 5.11 Å². The average molecular weight is 297 g/mol. The van der Waals surface area contributed by atoms with Gasteiger partial charge in [-0.05, 0) is 19.0 Å². The molecule has 0 unspecified atom stereocenters. The number of nitrogens with zero attached hydrogens (tertiary/aromatic N) is 2. The highest BCUT2D eigenvalue weighted by molar-refractivity contribution is 6.30. The Labute approximate surface area is 122 Å². The first-order chi connectivity index (χ1) is 9.70. The molecule has 3 N–H and O–H groups in total. The van der Waals surface area contributed by atoms with E-state index in [2.05, 4.69) is 20.5 Å². The predicted molar refractivity (Wildman–Crippen MR) is 76.1 cm³/mol. The molecule has 0 saturated carbocycles. The third kappa shape index (κ3) is 3.85. The zero-order chi connectivity index (χ0) is 14.4. The van der Waals surface area contributed by atoms with Crippen molar-refractivity contribution in [3.05, 3.63) is 34.9 Å². The Balaban J connectivity index is 1.80. The third-order valence-corrected chi connectivity index (χ3v) is 3.10. The number of methoxy groups -OCH3 is 1. The first-order valence-electron chi connectivity index (χ1n) is 6.31. The first kappa shape index (κ1) is 14.6. The number of hydrogen-bond acceptors (Lipinski definition) is 5. The van der Waals surface area contributed by atoms with E-state index in [-0.39, 0.29) is 5.75 Å². The number of ether oxygens (including phenoxy) is 1. The average Bonchev–Trinajstić information content (AvgIpc) is 2.95. The number of aromatic hydroxyl groups is 1. The number of aromatic amines is 1. The van der Waals surface area contributed by atoms with Crippen LogP contribution in [-0.4, -0.2) is 33.9 Å². The summed E-state index contributed by atoms with van der Waals surface area (Å²) >= 11 is 5.97. The molecule has 0 saturated heterocycles. The van der Waals surface area contributed by atoms with Crippen LogP contribution < -0.4 is 10.1 Å². The van der Waals surface area contributed by atoms with Crippen LogP contribution in [-0.2, 0) is 13.0 Å². The lowest BCUT2D eigenvalue weighted by Gasteiger charge is -2.10. The van der Waals surface area contributed by atoms with Crippen LogP contribution in [0, 0.1) is 0 Å². The van der Waals surface area contributed by atoms with Gasteiger partial charge in [-0.3, -0.25) is 5.10 Å². The fourth-order valence-corrected chi connectivity index (χ4v) is 2.10. The van der Waals surface area contributed by atoms with Gasteiger partial charge in [0.05, 0.1) is 7.11 Å². The van der Waals surface area contributed by atoms with E-state index in [1.807, 2.05) is 0 Å². The van der Waals surface area contributed by atoms with Crippen molar-refractivity contribution in [2.24, 2.45) is 0 Å².